The van der Waals surface area contributed by atoms with Gasteiger partial charge in [0.1, 0.15) is 12.7 Å². The Labute approximate surface area is 204 Å². The molecule has 1 amide bonds. The highest BCUT2D eigenvalue weighted by Crippen LogP contribution is 2.43. The quantitative estimate of drug-likeness (QED) is 0.355. The third kappa shape index (κ3) is 5.16. The van der Waals surface area contributed by atoms with Crippen LogP contribution in [0.25, 0.3) is 22.2 Å². The van der Waals surface area contributed by atoms with Gasteiger partial charge >= 0.3 is 12.3 Å². The number of anilines is 1. The van der Waals surface area contributed by atoms with Gasteiger partial charge in [0, 0.05) is 35.4 Å². The Balaban J connectivity index is 1.78. The lowest BCUT2D eigenvalue weighted by atomic mass is 9.91. The molecule has 190 valence electrons. The van der Waals surface area contributed by atoms with Gasteiger partial charge in [-0.25, -0.2) is 14.8 Å². The summed E-state index contributed by atoms with van der Waals surface area (Å²) in [6, 6.07) is 4.46. The molecule has 0 bridgehead atoms. The summed E-state index contributed by atoms with van der Waals surface area (Å²) < 4.78 is 54.7. The van der Waals surface area contributed by atoms with Crippen molar-refractivity contribution in [3.8, 4) is 17.3 Å². The molecule has 1 aliphatic carbocycles. The standard InChI is InChI=1S/C23H24F3N6O3P/c1-36(2,35)20-12(9-27)6-7-15-16(10-28-19(15)20)18-17(23(24,25)26)11-29-21(32-18)30-13-4-3-5-14(8-13)31-22(33)34/h6-7,10-11,13-14,28,31H,3-5,8H2,1-2H3,(H,33,34)(H,29,30,32)/t13-,14-/m0/s1. The van der Waals surface area contributed by atoms with Crippen LogP contribution in [0.5, 0.6) is 0 Å². The summed E-state index contributed by atoms with van der Waals surface area (Å²) in [4.78, 5) is 22.0. The fourth-order valence-electron chi connectivity index (χ4n) is 4.70. The first-order valence-electron chi connectivity index (χ1n) is 11.2. The second-order valence-corrected chi connectivity index (χ2v) is 12.3. The molecule has 2 heterocycles. The first-order chi connectivity index (χ1) is 16.9. The molecule has 0 spiro atoms. The summed E-state index contributed by atoms with van der Waals surface area (Å²) in [5.74, 6) is -0.0150. The number of halogens is 3. The third-order valence-electron chi connectivity index (χ3n) is 6.17. The van der Waals surface area contributed by atoms with E-state index in [0.717, 1.165) is 6.42 Å². The number of carbonyl (C=O) groups is 1. The van der Waals surface area contributed by atoms with Gasteiger partial charge in [0.2, 0.25) is 5.95 Å². The first-order valence-corrected chi connectivity index (χ1v) is 13.8. The minimum Gasteiger partial charge on any atom is -0.465 e. The lowest BCUT2D eigenvalue weighted by Gasteiger charge is -2.29. The number of alkyl halides is 3. The van der Waals surface area contributed by atoms with Crippen LogP contribution >= 0.6 is 7.14 Å². The number of aromatic amines is 1. The van der Waals surface area contributed by atoms with Gasteiger partial charge < -0.3 is 25.3 Å². The van der Waals surface area contributed by atoms with E-state index in [1.165, 1.54) is 31.7 Å². The number of nitriles is 1. The van der Waals surface area contributed by atoms with Gasteiger partial charge in [0.05, 0.1) is 28.1 Å². The number of nitrogens with zero attached hydrogens (tertiary/aromatic N) is 3. The van der Waals surface area contributed by atoms with E-state index in [1.807, 2.05) is 6.07 Å². The number of benzene rings is 1. The van der Waals surface area contributed by atoms with Crippen LogP contribution < -0.4 is 15.9 Å². The summed E-state index contributed by atoms with van der Waals surface area (Å²) in [5.41, 5.74) is -0.748. The first kappa shape index (κ1) is 25.5. The lowest BCUT2D eigenvalue weighted by Crippen LogP contribution is -2.41. The second-order valence-electron chi connectivity index (χ2n) is 9.16. The van der Waals surface area contributed by atoms with Gasteiger partial charge in [-0.2, -0.15) is 18.4 Å². The Morgan fingerprint density at radius 1 is 1.28 bits per heavy atom. The van der Waals surface area contributed by atoms with Gasteiger partial charge in [-0.15, -0.1) is 0 Å². The molecule has 1 aromatic carbocycles. The summed E-state index contributed by atoms with van der Waals surface area (Å²) in [6.07, 6.45) is -1.25. The molecular weight excluding hydrogens is 496 g/mol. The van der Waals surface area contributed by atoms with E-state index in [1.54, 1.807) is 0 Å². The SMILES string of the molecule is CP(C)(=O)c1c(C#N)ccc2c(-c3nc(N[C@H]4CCC[C@H](NC(=O)O)C4)ncc3C(F)(F)F)c[nH]c12. The van der Waals surface area contributed by atoms with Crippen LogP contribution in [0.2, 0.25) is 0 Å². The van der Waals surface area contributed by atoms with Crippen LogP contribution in [0.4, 0.5) is 23.9 Å². The van der Waals surface area contributed by atoms with Crippen LogP contribution in [0.15, 0.2) is 24.5 Å². The monoisotopic (exact) mass is 520 g/mol. The van der Waals surface area contributed by atoms with Crippen LogP contribution in [0, 0.1) is 11.3 Å². The van der Waals surface area contributed by atoms with Crippen LogP contribution in [-0.4, -0.2) is 51.6 Å². The van der Waals surface area contributed by atoms with Crippen LogP contribution in [0.3, 0.4) is 0 Å². The van der Waals surface area contributed by atoms with Crippen molar-refractivity contribution in [3.05, 3.63) is 35.7 Å². The molecule has 2 aromatic heterocycles. The molecule has 3 aromatic rings. The molecule has 1 fully saturated rings. The number of amides is 1. The molecule has 36 heavy (non-hydrogen) atoms. The Bertz CT molecular complexity index is 1410. The number of carboxylic acid groups (broad SMARTS) is 1. The Morgan fingerprint density at radius 3 is 2.64 bits per heavy atom. The number of hydrogen-bond acceptors (Lipinski definition) is 6. The summed E-state index contributed by atoms with van der Waals surface area (Å²) in [7, 11) is -2.96. The van der Waals surface area contributed by atoms with E-state index in [9.17, 15) is 27.8 Å². The number of aromatic nitrogens is 3. The number of fused-ring (bicyclic) bond motifs is 1. The van der Waals surface area contributed by atoms with Crippen LogP contribution in [0.1, 0.15) is 36.8 Å². The molecule has 2 atom stereocenters. The number of rotatable bonds is 5. The number of H-pyrrole nitrogens is 1. The molecule has 9 nitrogen and oxygen atoms in total. The zero-order valence-electron chi connectivity index (χ0n) is 19.5. The zero-order chi connectivity index (χ0) is 26.3. The lowest BCUT2D eigenvalue weighted by molar-refractivity contribution is -0.137. The van der Waals surface area contributed by atoms with E-state index in [4.69, 9.17) is 5.11 Å². The highest BCUT2D eigenvalue weighted by molar-refractivity contribution is 7.70. The van der Waals surface area contributed by atoms with Gasteiger partial charge in [-0.1, -0.05) is 6.07 Å². The maximum absolute atomic E-state index is 13.9. The van der Waals surface area contributed by atoms with Gasteiger partial charge in [-0.05, 0) is 45.1 Å². The Morgan fingerprint density at radius 2 is 2.00 bits per heavy atom. The average molecular weight is 520 g/mol. The smallest absolute Gasteiger partial charge is 0.419 e. The fraction of sp³-hybridized carbons (Fsp3) is 0.391. The van der Waals surface area contributed by atoms with Crippen molar-refractivity contribution in [1.29, 1.82) is 5.26 Å². The fourth-order valence-corrected chi connectivity index (χ4v) is 6.13. The summed E-state index contributed by atoms with van der Waals surface area (Å²) in [5, 5.41) is 24.6. The summed E-state index contributed by atoms with van der Waals surface area (Å²) in [6.45, 7) is 2.99. The maximum atomic E-state index is 13.9. The molecule has 0 aliphatic heterocycles. The molecule has 1 aliphatic rings. The molecule has 1 saturated carbocycles. The van der Waals surface area contributed by atoms with Crippen molar-refractivity contribution in [2.75, 3.05) is 18.6 Å². The van der Waals surface area contributed by atoms with Gasteiger partial charge in [0.15, 0.2) is 0 Å². The normalized spacial score (nSPS) is 18.6. The van der Waals surface area contributed by atoms with E-state index in [0.29, 0.717) is 36.4 Å². The van der Waals surface area contributed by atoms with Gasteiger partial charge in [-0.3, -0.25) is 0 Å². The maximum Gasteiger partial charge on any atom is 0.419 e. The largest absolute Gasteiger partial charge is 0.465 e. The van der Waals surface area contributed by atoms with Crippen molar-refractivity contribution < 1.29 is 27.6 Å². The third-order valence-corrected chi connectivity index (χ3v) is 7.71. The minimum atomic E-state index is -4.74. The molecular formula is C23H24F3N6O3P. The van der Waals surface area contributed by atoms with E-state index in [2.05, 4.69) is 25.6 Å². The average Bonchev–Trinajstić information content (AvgIpc) is 3.20. The van der Waals surface area contributed by atoms with Crippen molar-refractivity contribution >= 4 is 35.4 Å². The number of nitrogens with one attached hydrogen (secondary N) is 3. The zero-order valence-corrected chi connectivity index (χ0v) is 20.4. The van der Waals surface area contributed by atoms with Crippen molar-refractivity contribution in [3.63, 3.8) is 0 Å². The van der Waals surface area contributed by atoms with Crippen LogP contribution in [-0.2, 0) is 10.7 Å². The Hall–Kier alpha value is -3.58. The highest BCUT2D eigenvalue weighted by Gasteiger charge is 2.37. The second kappa shape index (κ2) is 9.47. The predicted octanol–water partition coefficient (Wildman–Crippen LogP) is 4.75. The van der Waals surface area contributed by atoms with E-state index in [-0.39, 0.29) is 40.2 Å². The molecule has 4 rings (SSSR count). The van der Waals surface area contributed by atoms with Crippen molar-refractivity contribution in [2.45, 2.75) is 43.9 Å². The summed E-state index contributed by atoms with van der Waals surface area (Å²) >= 11 is 0. The topological polar surface area (TPSA) is 144 Å². The predicted molar refractivity (Wildman–Crippen MR) is 129 cm³/mol. The molecule has 0 radical (unpaired) electrons. The number of hydrogen-bond donors (Lipinski definition) is 4. The molecule has 0 unspecified atom stereocenters. The van der Waals surface area contributed by atoms with Gasteiger partial charge in [0.25, 0.3) is 0 Å². The van der Waals surface area contributed by atoms with Crippen molar-refractivity contribution in [2.24, 2.45) is 0 Å². The van der Waals surface area contributed by atoms with E-state index < -0.39 is 25.0 Å². The minimum absolute atomic E-state index is 0.0150. The molecule has 13 heteroatoms. The van der Waals surface area contributed by atoms with Crippen molar-refractivity contribution in [1.82, 2.24) is 20.3 Å². The molecule has 4 N–H and O–H groups in total. The highest BCUT2D eigenvalue weighted by atomic mass is 31.2. The Kier molecular flexibility index (Phi) is 6.71. The van der Waals surface area contributed by atoms with E-state index >= 15 is 0 Å². The molecule has 0 saturated heterocycles.